The number of rotatable bonds is 6. The lowest BCUT2D eigenvalue weighted by molar-refractivity contribution is -0.139. The highest BCUT2D eigenvalue weighted by atomic mass is 16.5. The molecule has 15 heavy (non-hydrogen) atoms. The standard InChI is InChI=1S/C11H24N2O2/c1-6-11(2,3)10(14)13(4)7-9(12)8-15-5/h9H,6-8,12H2,1-5H3. The number of carbonyl (C=O) groups excluding carboxylic acids is 1. The molecule has 0 aromatic rings. The van der Waals surface area contributed by atoms with Gasteiger partial charge in [0.25, 0.3) is 0 Å². The Labute approximate surface area is 92.8 Å². The summed E-state index contributed by atoms with van der Waals surface area (Å²) in [7, 11) is 3.40. The topological polar surface area (TPSA) is 55.6 Å². The lowest BCUT2D eigenvalue weighted by atomic mass is 9.88. The number of ether oxygens (including phenoxy) is 1. The molecule has 1 unspecified atom stereocenters. The number of amides is 1. The van der Waals surface area contributed by atoms with Crippen LogP contribution in [0.2, 0.25) is 0 Å². The molecule has 1 atom stereocenters. The molecule has 0 fully saturated rings. The van der Waals surface area contributed by atoms with Crippen LogP contribution in [0.15, 0.2) is 0 Å². The van der Waals surface area contributed by atoms with Crippen molar-refractivity contribution in [2.24, 2.45) is 11.1 Å². The average molecular weight is 216 g/mol. The minimum Gasteiger partial charge on any atom is -0.383 e. The predicted molar refractivity (Wildman–Crippen MR) is 61.6 cm³/mol. The van der Waals surface area contributed by atoms with Crippen LogP contribution in [-0.4, -0.2) is 44.2 Å². The predicted octanol–water partition coefficient (Wildman–Crippen LogP) is 0.855. The second kappa shape index (κ2) is 6.08. The van der Waals surface area contributed by atoms with Crippen LogP contribution in [0.1, 0.15) is 27.2 Å². The van der Waals surface area contributed by atoms with Crippen molar-refractivity contribution in [1.82, 2.24) is 4.90 Å². The van der Waals surface area contributed by atoms with Crippen LogP contribution >= 0.6 is 0 Å². The van der Waals surface area contributed by atoms with E-state index in [-0.39, 0.29) is 17.4 Å². The van der Waals surface area contributed by atoms with Crippen molar-refractivity contribution in [2.75, 3.05) is 27.3 Å². The molecule has 0 bridgehead atoms. The minimum absolute atomic E-state index is 0.114. The summed E-state index contributed by atoms with van der Waals surface area (Å²) in [6.45, 7) is 6.93. The monoisotopic (exact) mass is 216 g/mol. The van der Waals surface area contributed by atoms with Gasteiger partial charge in [-0.2, -0.15) is 0 Å². The highest BCUT2D eigenvalue weighted by Gasteiger charge is 2.28. The molecule has 0 saturated heterocycles. The first-order valence-corrected chi connectivity index (χ1v) is 5.35. The van der Waals surface area contributed by atoms with Crippen LogP contribution in [0.25, 0.3) is 0 Å². The molecule has 0 radical (unpaired) electrons. The summed E-state index contributed by atoms with van der Waals surface area (Å²) in [6, 6.07) is -0.114. The first-order valence-electron chi connectivity index (χ1n) is 5.35. The summed E-state index contributed by atoms with van der Waals surface area (Å²) in [5, 5.41) is 0. The third kappa shape index (κ3) is 4.62. The molecule has 90 valence electrons. The summed E-state index contributed by atoms with van der Waals surface area (Å²) in [6.07, 6.45) is 0.829. The van der Waals surface area contributed by atoms with E-state index in [0.29, 0.717) is 13.2 Å². The van der Waals surface area contributed by atoms with Crippen molar-refractivity contribution in [3.05, 3.63) is 0 Å². The van der Waals surface area contributed by atoms with E-state index >= 15 is 0 Å². The van der Waals surface area contributed by atoms with Gasteiger partial charge in [-0.1, -0.05) is 20.8 Å². The van der Waals surface area contributed by atoms with Crippen LogP contribution in [-0.2, 0) is 9.53 Å². The molecule has 4 nitrogen and oxygen atoms in total. The highest BCUT2D eigenvalue weighted by Crippen LogP contribution is 2.22. The molecule has 0 spiro atoms. The van der Waals surface area contributed by atoms with Gasteiger partial charge < -0.3 is 15.4 Å². The molecule has 0 aromatic carbocycles. The van der Waals surface area contributed by atoms with Crippen molar-refractivity contribution in [1.29, 1.82) is 0 Å². The van der Waals surface area contributed by atoms with Gasteiger partial charge in [0.05, 0.1) is 6.61 Å². The summed E-state index contributed by atoms with van der Waals surface area (Å²) in [5.41, 5.74) is 5.48. The Balaban J connectivity index is 4.21. The summed E-state index contributed by atoms with van der Waals surface area (Å²) in [4.78, 5) is 13.7. The lowest BCUT2D eigenvalue weighted by Crippen LogP contribution is -2.45. The molecule has 0 aliphatic carbocycles. The maximum Gasteiger partial charge on any atom is 0.228 e. The molecule has 0 rings (SSSR count). The second-order valence-electron chi connectivity index (χ2n) is 4.64. The third-order valence-electron chi connectivity index (χ3n) is 2.70. The Hall–Kier alpha value is -0.610. The number of nitrogens with two attached hydrogens (primary N) is 1. The fourth-order valence-corrected chi connectivity index (χ4v) is 1.37. The second-order valence-corrected chi connectivity index (χ2v) is 4.64. The fraction of sp³-hybridized carbons (Fsp3) is 0.909. The summed E-state index contributed by atoms with van der Waals surface area (Å²) >= 11 is 0. The van der Waals surface area contributed by atoms with E-state index in [4.69, 9.17) is 10.5 Å². The van der Waals surface area contributed by atoms with Gasteiger partial charge in [0.2, 0.25) is 5.91 Å². The van der Waals surface area contributed by atoms with Crippen LogP contribution in [0.5, 0.6) is 0 Å². The van der Waals surface area contributed by atoms with E-state index in [1.807, 2.05) is 20.8 Å². The van der Waals surface area contributed by atoms with Crippen molar-refractivity contribution in [3.63, 3.8) is 0 Å². The quantitative estimate of drug-likeness (QED) is 0.716. The molecule has 2 N–H and O–H groups in total. The van der Waals surface area contributed by atoms with Gasteiger partial charge in [-0.05, 0) is 6.42 Å². The van der Waals surface area contributed by atoms with Gasteiger partial charge in [-0.25, -0.2) is 0 Å². The van der Waals surface area contributed by atoms with Gasteiger partial charge in [0, 0.05) is 32.2 Å². The third-order valence-corrected chi connectivity index (χ3v) is 2.70. The first-order chi connectivity index (χ1) is 6.85. The van der Waals surface area contributed by atoms with E-state index in [1.54, 1.807) is 19.1 Å². The average Bonchev–Trinajstić information content (AvgIpc) is 2.16. The summed E-state index contributed by atoms with van der Waals surface area (Å²) < 4.78 is 4.93. The zero-order chi connectivity index (χ0) is 12.1. The normalized spacial score (nSPS) is 13.7. The first kappa shape index (κ1) is 14.4. The Morgan fingerprint density at radius 2 is 2.07 bits per heavy atom. The van der Waals surface area contributed by atoms with E-state index in [0.717, 1.165) is 6.42 Å². The number of hydrogen-bond donors (Lipinski definition) is 1. The summed E-state index contributed by atoms with van der Waals surface area (Å²) in [5.74, 6) is 0.136. The number of methoxy groups -OCH3 is 1. The van der Waals surface area contributed by atoms with Crippen molar-refractivity contribution in [2.45, 2.75) is 33.2 Å². The largest absolute Gasteiger partial charge is 0.383 e. The van der Waals surface area contributed by atoms with Crippen LogP contribution in [0.3, 0.4) is 0 Å². The highest BCUT2D eigenvalue weighted by molar-refractivity contribution is 5.81. The maximum atomic E-state index is 12.0. The number of likely N-dealkylation sites (N-methyl/N-ethyl adjacent to an activating group) is 1. The molecule has 0 aliphatic heterocycles. The Bertz CT molecular complexity index is 205. The molecular formula is C11H24N2O2. The number of carbonyl (C=O) groups is 1. The maximum absolute atomic E-state index is 12.0. The van der Waals surface area contributed by atoms with Gasteiger partial charge in [0.15, 0.2) is 0 Å². The van der Waals surface area contributed by atoms with Crippen molar-refractivity contribution >= 4 is 5.91 Å². The molecule has 0 heterocycles. The molecule has 4 heteroatoms. The van der Waals surface area contributed by atoms with Crippen LogP contribution < -0.4 is 5.73 Å². The van der Waals surface area contributed by atoms with E-state index in [9.17, 15) is 4.79 Å². The molecule has 0 aromatic heterocycles. The lowest BCUT2D eigenvalue weighted by Gasteiger charge is -2.29. The van der Waals surface area contributed by atoms with Gasteiger partial charge in [-0.3, -0.25) is 4.79 Å². The van der Waals surface area contributed by atoms with E-state index < -0.39 is 0 Å². The SMILES string of the molecule is CCC(C)(C)C(=O)N(C)CC(N)COC. The molecule has 0 aliphatic rings. The van der Waals surface area contributed by atoms with Crippen LogP contribution in [0, 0.1) is 5.41 Å². The van der Waals surface area contributed by atoms with Crippen molar-refractivity contribution in [3.8, 4) is 0 Å². The number of nitrogens with zero attached hydrogens (tertiary/aromatic N) is 1. The zero-order valence-corrected chi connectivity index (χ0v) is 10.5. The zero-order valence-electron chi connectivity index (χ0n) is 10.5. The molecule has 1 amide bonds. The number of hydrogen-bond acceptors (Lipinski definition) is 3. The van der Waals surface area contributed by atoms with E-state index in [2.05, 4.69) is 0 Å². The van der Waals surface area contributed by atoms with Gasteiger partial charge in [0.1, 0.15) is 0 Å². The van der Waals surface area contributed by atoms with Crippen LogP contribution in [0.4, 0.5) is 0 Å². The van der Waals surface area contributed by atoms with E-state index in [1.165, 1.54) is 0 Å². The fourth-order valence-electron chi connectivity index (χ4n) is 1.37. The minimum atomic E-state index is -0.304. The Morgan fingerprint density at radius 3 is 2.47 bits per heavy atom. The van der Waals surface area contributed by atoms with Gasteiger partial charge >= 0.3 is 0 Å². The Morgan fingerprint density at radius 1 is 1.53 bits per heavy atom. The molecular weight excluding hydrogens is 192 g/mol. The van der Waals surface area contributed by atoms with Gasteiger partial charge in [-0.15, -0.1) is 0 Å². The van der Waals surface area contributed by atoms with Crippen molar-refractivity contribution < 1.29 is 9.53 Å². The Kier molecular flexibility index (Phi) is 5.83. The smallest absolute Gasteiger partial charge is 0.228 e. The molecule has 0 saturated carbocycles.